The van der Waals surface area contributed by atoms with Crippen molar-refractivity contribution in [3.05, 3.63) is 12.2 Å². The van der Waals surface area contributed by atoms with E-state index in [0.717, 1.165) is 0 Å². The Morgan fingerprint density at radius 1 is 1.86 bits per heavy atom. The molecule has 0 aliphatic heterocycles. The van der Waals surface area contributed by atoms with E-state index in [1.165, 1.54) is 0 Å². The number of aliphatic carboxylic acids is 1. The molecular formula is C4H3O2S. The average Bonchev–Trinajstić information content (AvgIpc) is 1.65. The minimum Gasteiger partial charge on any atom is -0.478 e. The van der Waals surface area contributed by atoms with Crippen LogP contribution in [0.1, 0.15) is 0 Å². The van der Waals surface area contributed by atoms with Gasteiger partial charge in [0.15, 0.2) is 0 Å². The molecular weight excluding hydrogens is 112 g/mol. The summed E-state index contributed by atoms with van der Waals surface area (Å²) in [5.74, 6) is -1.12. The lowest BCUT2D eigenvalue weighted by Gasteiger charge is -1.80. The second-order valence-electron chi connectivity index (χ2n) is 0.886. The molecule has 0 spiro atoms. The topological polar surface area (TPSA) is 37.3 Å². The Hall–Kier alpha value is -0.700. The number of carboxylic acid groups (broad SMARTS) is 1. The minimum absolute atomic E-state index is 0.171. The Morgan fingerprint density at radius 3 is 2.29 bits per heavy atom. The van der Waals surface area contributed by atoms with Gasteiger partial charge in [0.05, 0.1) is 10.9 Å². The monoisotopic (exact) mass is 115 g/mol. The zero-order valence-corrected chi connectivity index (χ0v) is 4.29. The standard InChI is InChI=1S/C4H3O2S/c1-3(2-7)4(5)6/h1H2,(H,5,6). The lowest BCUT2D eigenvalue weighted by atomic mass is 10.4. The molecule has 1 radical (unpaired) electrons. The Balaban J connectivity index is 3.81. The largest absolute Gasteiger partial charge is 0.478 e. The first-order valence-corrected chi connectivity index (χ1v) is 1.89. The SMILES string of the molecule is C=C([C]=S)C(=O)O. The first kappa shape index (κ1) is 6.30. The van der Waals surface area contributed by atoms with Crippen molar-refractivity contribution >= 4 is 23.6 Å². The highest BCUT2D eigenvalue weighted by atomic mass is 32.1. The molecule has 3 heteroatoms. The zero-order valence-electron chi connectivity index (χ0n) is 3.47. The molecule has 0 atom stereocenters. The summed E-state index contributed by atoms with van der Waals surface area (Å²) in [7, 11) is 0. The summed E-state index contributed by atoms with van der Waals surface area (Å²) in [6.45, 7) is 3.06. The predicted octanol–water partition coefficient (Wildman–Crippen LogP) is 0.504. The molecule has 0 fully saturated rings. The lowest BCUT2D eigenvalue weighted by molar-refractivity contribution is -0.131. The van der Waals surface area contributed by atoms with Crippen LogP contribution in [0.15, 0.2) is 12.2 Å². The van der Waals surface area contributed by atoms with Crippen molar-refractivity contribution in [1.29, 1.82) is 0 Å². The van der Waals surface area contributed by atoms with E-state index in [2.05, 4.69) is 18.8 Å². The van der Waals surface area contributed by atoms with Crippen molar-refractivity contribution in [3.8, 4) is 0 Å². The van der Waals surface area contributed by atoms with Crippen molar-refractivity contribution in [2.45, 2.75) is 0 Å². The van der Waals surface area contributed by atoms with E-state index in [0.29, 0.717) is 0 Å². The van der Waals surface area contributed by atoms with Gasteiger partial charge in [0.2, 0.25) is 0 Å². The molecule has 0 aromatic carbocycles. The Labute approximate surface area is 46.5 Å². The number of rotatable bonds is 2. The molecule has 0 aromatic heterocycles. The summed E-state index contributed by atoms with van der Waals surface area (Å²) in [5, 5.41) is 9.91. The summed E-state index contributed by atoms with van der Waals surface area (Å²) in [4.78, 5) is 9.70. The van der Waals surface area contributed by atoms with Crippen molar-refractivity contribution < 1.29 is 9.90 Å². The Bertz CT molecular complexity index is 117. The molecule has 0 rings (SSSR count). The first-order valence-electron chi connectivity index (χ1n) is 1.49. The van der Waals surface area contributed by atoms with E-state index in [4.69, 9.17) is 5.11 Å². The molecule has 2 nitrogen and oxygen atoms in total. The van der Waals surface area contributed by atoms with Crippen LogP contribution >= 0.6 is 12.2 Å². The van der Waals surface area contributed by atoms with Gasteiger partial charge >= 0.3 is 5.97 Å². The van der Waals surface area contributed by atoms with Gasteiger partial charge in [-0.3, -0.25) is 0 Å². The number of carbonyl (C=O) groups is 1. The van der Waals surface area contributed by atoms with Crippen LogP contribution in [0.2, 0.25) is 0 Å². The van der Waals surface area contributed by atoms with Crippen molar-refractivity contribution in [2.75, 3.05) is 0 Å². The Kier molecular flexibility index (Phi) is 2.22. The first-order chi connectivity index (χ1) is 3.18. The van der Waals surface area contributed by atoms with Crippen LogP contribution < -0.4 is 0 Å². The summed E-state index contributed by atoms with van der Waals surface area (Å²) in [5.41, 5.74) is -0.171. The van der Waals surface area contributed by atoms with Crippen LogP contribution in [0.25, 0.3) is 0 Å². The third kappa shape index (κ3) is 2.05. The molecule has 0 unspecified atom stereocenters. The molecule has 37 valence electrons. The van der Waals surface area contributed by atoms with E-state index in [-0.39, 0.29) is 5.57 Å². The number of hydrogen-bond acceptors (Lipinski definition) is 2. The van der Waals surface area contributed by atoms with E-state index < -0.39 is 5.97 Å². The normalized spacial score (nSPS) is 7.43. The highest BCUT2D eigenvalue weighted by Crippen LogP contribution is 1.81. The molecule has 0 heterocycles. The van der Waals surface area contributed by atoms with Crippen LogP contribution in [0.3, 0.4) is 0 Å². The van der Waals surface area contributed by atoms with Crippen molar-refractivity contribution in [3.63, 3.8) is 0 Å². The van der Waals surface area contributed by atoms with Gasteiger partial charge in [0.1, 0.15) is 0 Å². The maximum atomic E-state index is 9.70. The van der Waals surface area contributed by atoms with Gasteiger partial charge in [0, 0.05) is 0 Å². The zero-order chi connectivity index (χ0) is 5.86. The average molecular weight is 115 g/mol. The molecule has 0 saturated carbocycles. The third-order valence-electron chi connectivity index (χ3n) is 0.381. The quantitative estimate of drug-likeness (QED) is 0.420. The molecule has 1 N–H and O–H groups in total. The molecule has 7 heavy (non-hydrogen) atoms. The number of thiocarbonyl (C=S) groups is 1. The summed E-state index contributed by atoms with van der Waals surface area (Å²) < 4.78 is 0. The fourth-order valence-electron chi connectivity index (χ4n) is 0.0437. The number of carboxylic acids is 1. The van der Waals surface area contributed by atoms with Gasteiger partial charge in [-0.2, -0.15) is 0 Å². The van der Waals surface area contributed by atoms with Gasteiger partial charge in [0.25, 0.3) is 0 Å². The molecule has 0 aromatic rings. The predicted molar refractivity (Wildman–Crippen MR) is 29.4 cm³/mol. The van der Waals surface area contributed by atoms with Crippen LogP contribution in [0.4, 0.5) is 0 Å². The van der Waals surface area contributed by atoms with Gasteiger partial charge in [-0.1, -0.05) is 18.8 Å². The van der Waals surface area contributed by atoms with E-state index in [1.54, 1.807) is 0 Å². The minimum atomic E-state index is -1.12. The van der Waals surface area contributed by atoms with Crippen LogP contribution in [0.5, 0.6) is 0 Å². The van der Waals surface area contributed by atoms with Gasteiger partial charge < -0.3 is 5.11 Å². The molecule has 0 aliphatic rings. The third-order valence-corrected chi connectivity index (χ3v) is 0.628. The van der Waals surface area contributed by atoms with Crippen molar-refractivity contribution in [1.82, 2.24) is 0 Å². The molecule has 0 bridgehead atoms. The fraction of sp³-hybridized carbons (Fsp3) is 0. The second-order valence-corrected chi connectivity index (χ2v) is 1.09. The second kappa shape index (κ2) is 2.47. The van der Waals surface area contributed by atoms with Gasteiger partial charge in [-0.05, 0) is 0 Å². The van der Waals surface area contributed by atoms with E-state index in [9.17, 15) is 4.79 Å². The van der Waals surface area contributed by atoms with E-state index >= 15 is 0 Å². The number of hydrogen-bond donors (Lipinski definition) is 1. The van der Waals surface area contributed by atoms with Crippen LogP contribution in [-0.4, -0.2) is 16.4 Å². The maximum absolute atomic E-state index is 9.70. The fourth-order valence-corrected chi connectivity index (χ4v) is 0.131. The van der Waals surface area contributed by atoms with Gasteiger partial charge in [-0.25, -0.2) is 4.79 Å². The Morgan fingerprint density at radius 2 is 2.29 bits per heavy atom. The van der Waals surface area contributed by atoms with Gasteiger partial charge in [-0.15, -0.1) is 0 Å². The maximum Gasteiger partial charge on any atom is 0.336 e. The highest BCUT2D eigenvalue weighted by molar-refractivity contribution is 7.79. The molecule has 0 saturated heterocycles. The molecule has 0 aliphatic carbocycles. The lowest BCUT2D eigenvalue weighted by Crippen LogP contribution is -1.97. The molecule has 0 amide bonds. The van der Waals surface area contributed by atoms with Crippen LogP contribution in [0, 0.1) is 0 Å². The summed E-state index contributed by atoms with van der Waals surface area (Å²) in [6, 6.07) is 0. The van der Waals surface area contributed by atoms with Crippen LogP contribution in [-0.2, 0) is 4.79 Å². The summed E-state index contributed by atoms with van der Waals surface area (Å²) in [6.07, 6.45) is 0. The van der Waals surface area contributed by atoms with E-state index in [1.807, 2.05) is 5.37 Å². The summed E-state index contributed by atoms with van der Waals surface area (Å²) >= 11 is 4.12. The smallest absolute Gasteiger partial charge is 0.336 e. The van der Waals surface area contributed by atoms with Crippen molar-refractivity contribution in [2.24, 2.45) is 0 Å². The highest BCUT2D eigenvalue weighted by Gasteiger charge is 1.95.